The minimum absolute atomic E-state index is 0.0479. The van der Waals surface area contributed by atoms with E-state index in [-0.39, 0.29) is 5.91 Å². The maximum Gasteiger partial charge on any atom is 0.275 e. The number of imidazole rings is 1. The molecule has 144 valence electrons. The number of carbonyl (C=O) groups excluding carboxylic acids is 1. The molecule has 0 saturated heterocycles. The second-order valence-electron chi connectivity index (χ2n) is 7.80. The van der Waals surface area contributed by atoms with Gasteiger partial charge in [-0.2, -0.15) is 0 Å². The van der Waals surface area contributed by atoms with Gasteiger partial charge in [-0.25, -0.2) is 4.98 Å². The number of furan rings is 1. The summed E-state index contributed by atoms with van der Waals surface area (Å²) < 4.78 is 7.80. The lowest BCUT2D eigenvalue weighted by Gasteiger charge is -2.21. The van der Waals surface area contributed by atoms with Gasteiger partial charge in [0.2, 0.25) is 0 Å². The lowest BCUT2D eigenvalue weighted by atomic mass is 10.1. The molecule has 5 rings (SSSR count). The van der Waals surface area contributed by atoms with Crippen LogP contribution in [0, 0.1) is 0 Å². The highest BCUT2D eigenvalue weighted by atomic mass is 16.3. The van der Waals surface area contributed by atoms with E-state index in [9.17, 15) is 4.79 Å². The molecule has 5 heteroatoms. The van der Waals surface area contributed by atoms with Gasteiger partial charge in [0.1, 0.15) is 17.3 Å². The zero-order valence-corrected chi connectivity index (χ0v) is 16.0. The molecule has 1 saturated carbocycles. The standard InChI is InChI=1S/C23H25N3O2/c27-23(26(18-12-13-18)16-19-10-7-15-28-19)21-20-11-5-2-6-14-25(20)22(24-21)17-8-3-1-4-9-17/h1,3-4,7-10,15,18H,2,5-6,11-14,16H2. The number of fused-ring (bicyclic) bond motifs is 1. The lowest BCUT2D eigenvalue weighted by Crippen LogP contribution is -2.33. The van der Waals surface area contributed by atoms with Crippen LogP contribution in [0.25, 0.3) is 11.4 Å². The fourth-order valence-electron chi connectivity index (χ4n) is 4.16. The molecule has 3 aromatic rings. The van der Waals surface area contributed by atoms with Crippen molar-refractivity contribution in [2.75, 3.05) is 0 Å². The minimum Gasteiger partial charge on any atom is -0.467 e. The highest BCUT2D eigenvalue weighted by Crippen LogP contribution is 2.33. The van der Waals surface area contributed by atoms with Gasteiger partial charge in [0.15, 0.2) is 0 Å². The Morgan fingerprint density at radius 3 is 2.71 bits per heavy atom. The van der Waals surface area contributed by atoms with Gasteiger partial charge in [0, 0.05) is 18.2 Å². The average Bonchev–Trinajstić information content (AvgIpc) is 3.40. The number of amides is 1. The van der Waals surface area contributed by atoms with Crippen molar-refractivity contribution in [1.29, 1.82) is 0 Å². The molecule has 1 amide bonds. The Balaban J connectivity index is 1.55. The van der Waals surface area contributed by atoms with Crippen molar-refractivity contribution >= 4 is 5.91 Å². The molecule has 0 unspecified atom stereocenters. The number of aromatic nitrogens is 2. The molecule has 2 aliphatic rings. The van der Waals surface area contributed by atoms with Crippen LogP contribution in [0.1, 0.15) is 54.0 Å². The molecule has 1 aliphatic heterocycles. The third-order valence-corrected chi connectivity index (χ3v) is 5.76. The van der Waals surface area contributed by atoms with E-state index >= 15 is 0 Å². The van der Waals surface area contributed by atoms with Gasteiger partial charge < -0.3 is 13.9 Å². The van der Waals surface area contributed by atoms with Crippen LogP contribution in [0.15, 0.2) is 53.1 Å². The van der Waals surface area contributed by atoms with Crippen LogP contribution in [0.4, 0.5) is 0 Å². The Kier molecular flexibility index (Phi) is 4.51. The Bertz CT molecular complexity index is 955. The number of nitrogens with zero attached hydrogens (tertiary/aromatic N) is 3. The number of hydrogen-bond donors (Lipinski definition) is 0. The van der Waals surface area contributed by atoms with Crippen LogP contribution in [-0.2, 0) is 19.5 Å². The van der Waals surface area contributed by atoms with E-state index in [0.717, 1.165) is 61.5 Å². The normalized spacial score (nSPS) is 16.4. The van der Waals surface area contributed by atoms with Crippen LogP contribution in [0.2, 0.25) is 0 Å². The summed E-state index contributed by atoms with van der Waals surface area (Å²) in [6.45, 7) is 1.45. The van der Waals surface area contributed by atoms with E-state index < -0.39 is 0 Å². The van der Waals surface area contributed by atoms with Crippen LogP contribution < -0.4 is 0 Å². The predicted octanol–water partition coefficient (Wildman–Crippen LogP) is 4.67. The van der Waals surface area contributed by atoms with Gasteiger partial charge in [0.25, 0.3) is 5.91 Å². The zero-order chi connectivity index (χ0) is 18.9. The first-order valence-electron chi connectivity index (χ1n) is 10.3. The molecular weight excluding hydrogens is 350 g/mol. The van der Waals surface area contributed by atoms with Crippen LogP contribution in [0.3, 0.4) is 0 Å². The molecule has 3 heterocycles. The van der Waals surface area contributed by atoms with E-state index in [1.807, 2.05) is 35.2 Å². The fraction of sp³-hybridized carbons (Fsp3) is 0.391. The lowest BCUT2D eigenvalue weighted by molar-refractivity contribution is 0.0710. The second kappa shape index (κ2) is 7.30. The van der Waals surface area contributed by atoms with Gasteiger partial charge in [0.05, 0.1) is 18.5 Å². The fourth-order valence-corrected chi connectivity index (χ4v) is 4.16. The molecule has 0 bridgehead atoms. The summed E-state index contributed by atoms with van der Waals surface area (Å²) in [5.74, 6) is 1.80. The monoisotopic (exact) mass is 375 g/mol. The summed E-state index contributed by atoms with van der Waals surface area (Å²) in [6.07, 6.45) is 8.16. The largest absolute Gasteiger partial charge is 0.467 e. The molecular formula is C23H25N3O2. The van der Waals surface area contributed by atoms with Crippen LogP contribution in [-0.4, -0.2) is 26.4 Å². The number of rotatable bonds is 5. The van der Waals surface area contributed by atoms with Crippen molar-refractivity contribution < 1.29 is 9.21 Å². The highest BCUT2D eigenvalue weighted by molar-refractivity contribution is 5.94. The molecule has 0 spiro atoms. The molecule has 1 aliphatic carbocycles. The molecule has 1 aromatic carbocycles. The summed E-state index contributed by atoms with van der Waals surface area (Å²) >= 11 is 0. The van der Waals surface area contributed by atoms with Gasteiger partial charge in [-0.3, -0.25) is 4.79 Å². The van der Waals surface area contributed by atoms with E-state index in [2.05, 4.69) is 16.7 Å². The molecule has 5 nitrogen and oxygen atoms in total. The van der Waals surface area contributed by atoms with Crippen molar-refractivity contribution in [2.24, 2.45) is 0 Å². The smallest absolute Gasteiger partial charge is 0.275 e. The first kappa shape index (κ1) is 17.3. The van der Waals surface area contributed by atoms with E-state index in [1.54, 1.807) is 6.26 Å². The van der Waals surface area contributed by atoms with Crippen LogP contribution in [0.5, 0.6) is 0 Å². The van der Waals surface area contributed by atoms with Gasteiger partial charge >= 0.3 is 0 Å². The maximum atomic E-state index is 13.6. The summed E-state index contributed by atoms with van der Waals surface area (Å²) in [5, 5.41) is 0. The van der Waals surface area contributed by atoms with Gasteiger partial charge in [-0.05, 0) is 44.2 Å². The zero-order valence-electron chi connectivity index (χ0n) is 16.0. The minimum atomic E-state index is 0.0479. The molecule has 2 aromatic heterocycles. The summed E-state index contributed by atoms with van der Waals surface area (Å²) in [4.78, 5) is 20.5. The van der Waals surface area contributed by atoms with E-state index in [4.69, 9.17) is 9.40 Å². The first-order valence-corrected chi connectivity index (χ1v) is 10.3. The topological polar surface area (TPSA) is 51.3 Å². The van der Waals surface area contributed by atoms with E-state index in [1.165, 1.54) is 6.42 Å². The van der Waals surface area contributed by atoms with Crippen molar-refractivity contribution in [1.82, 2.24) is 14.5 Å². The third-order valence-electron chi connectivity index (χ3n) is 5.76. The summed E-state index contributed by atoms with van der Waals surface area (Å²) in [7, 11) is 0. The van der Waals surface area contributed by atoms with Crippen molar-refractivity contribution in [2.45, 2.75) is 57.7 Å². The summed E-state index contributed by atoms with van der Waals surface area (Å²) in [6, 6.07) is 14.4. The van der Waals surface area contributed by atoms with Gasteiger partial charge in [-0.1, -0.05) is 36.8 Å². The molecule has 0 N–H and O–H groups in total. The summed E-state index contributed by atoms with van der Waals surface area (Å²) in [5.41, 5.74) is 2.82. The van der Waals surface area contributed by atoms with E-state index in [0.29, 0.717) is 18.3 Å². The Morgan fingerprint density at radius 2 is 1.96 bits per heavy atom. The average molecular weight is 375 g/mol. The Morgan fingerprint density at radius 1 is 1.11 bits per heavy atom. The van der Waals surface area contributed by atoms with Crippen molar-refractivity contribution in [3.63, 3.8) is 0 Å². The quantitative estimate of drug-likeness (QED) is 0.651. The maximum absolute atomic E-state index is 13.6. The molecule has 0 atom stereocenters. The highest BCUT2D eigenvalue weighted by Gasteiger charge is 2.36. The Labute approximate surface area is 165 Å². The SMILES string of the molecule is O=C(c1nc(-c2ccccc2)n2c1CCCCC2)N(Cc1ccco1)C1CC1. The third kappa shape index (κ3) is 3.26. The van der Waals surface area contributed by atoms with Crippen LogP contribution >= 0.6 is 0 Å². The predicted molar refractivity (Wildman–Crippen MR) is 107 cm³/mol. The Hall–Kier alpha value is -2.82. The number of hydrogen-bond acceptors (Lipinski definition) is 3. The van der Waals surface area contributed by atoms with Crippen molar-refractivity contribution in [3.8, 4) is 11.4 Å². The second-order valence-corrected chi connectivity index (χ2v) is 7.80. The first-order chi connectivity index (χ1) is 13.8. The number of benzene rings is 1. The molecule has 0 radical (unpaired) electrons. The molecule has 1 fully saturated rings. The van der Waals surface area contributed by atoms with Crippen molar-refractivity contribution in [3.05, 3.63) is 65.9 Å². The molecule has 28 heavy (non-hydrogen) atoms. The van der Waals surface area contributed by atoms with Gasteiger partial charge in [-0.15, -0.1) is 0 Å². The number of carbonyl (C=O) groups is 1.